The largest absolute Gasteiger partial charge is 0.331 e. The van der Waals surface area contributed by atoms with Crippen LogP contribution in [0, 0.1) is 4.77 Å². The molecule has 18 heavy (non-hydrogen) atoms. The summed E-state index contributed by atoms with van der Waals surface area (Å²) >= 11 is 6.87. The van der Waals surface area contributed by atoms with E-state index in [0.29, 0.717) is 4.77 Å². The minimum absolute atomic E-state index is 0.0932. The van der Waals surface area contributed by atoms with Gasteiger partial charge in [-0.25, -0.2) is 0 Å². The number of thiophene rings is 1. The van der Waals surface area contributed by atoms with Crippen LogP contribution in [0.5, 0.6) is 0 Å². The highest BCUT2D eigenvalue weighted by molar-refractivity contribution is 7.71. The molecule has 0 bridgehead atoms. The zero-order valence-corrected chi connectivity index (χ0v) is 11.8. The highest BCUT2D eigenvalue weighted by Gasteiger charge is 2.18. The van der Waals surface area contributed by atoms with Gasteiger partial charge < -0.3 is 4.98 Å². The van der Waals surface area contributed by atoms with Crippen LogP contribution in [-0.2, 0) is 0 Å². The van der Waals surface area contributed by atoms with Gasteiger partial charge in [0.25, 0.3) is 5.56 Å². The molecule has 96 valence electrons. The van der Waals surface area contributed by atoms with Gasteiger partial charge in [-0.05, 0) is 36.5 Å². The molecule has 3 nitrogen and oxygen atoms in total. The molecule has 0 atom stereocenters. The van der Waals surface area contributed by atoms with Gasteiger partial charge in [-0.3, -0.25) is 9.36 Å². The van der Waals surface area contributed by atoms with Crippen LogP contribution in [0.4, 0.5) is 0 Å². The molecule has 0 radical (unpaired) electrons. The Bertz CT molecular complexity index is 659. The van der Waals surface area contributed by atoms with Crippen molar-refractivity contribution >= 4 is 33.8 Å². The van der Waals surface area contributed by atoms with Crippen molar-refractivity contribution < 1.29 is 0 Å². The minimum atomic E-state index is 0.0932. The van der Waals surface area contributed by atoms with E-state index in [2.05, 4.69) is 4.98 Å². The number of fused-ring (bicyclic) bond motifs is 1. The second-order valence-electron chi connectivity index (χ2n) is 4.91. The van der Waals surface area contributed by atoms with Crippen molar-refractivity contribution in [2.75, 3.05) is 0 Å². The predicted molar refractivity (Wildman–Crippen MR) is 78.0 cm³/mol. The molecule has 0 aromatic carbocycles. The number of nitrogens with one attached hydrogen (secondary N) is 1. The average Bonchev–Trinajstić information content (AvgIpc) is 2.65. The first-order valence-corrected chi connectivity index (χ1v) is 7.78. The molecule has 1 aliphatic carbocycles. The van der Waals surface area contributed by atoms with Gasteiger partial charge >= 0.3 is 0 Å². The van der Waals surface area contributed by atoms with Gasteiger partial charge in [0.1, 0.15) is 4.70 Å². The van der Waals surface area contributed by atoms with Crippen LogP contribution in [0.15, 0.2) is 16.2 Å². The van der Waals surface area contributed by atoms with Gasteiger partial charge in [-0.2, -0.15) is 0 Å². The Morgan fingerprint density at radius 3 is 2.72 bits per heavy atom. The summed E-state index contributed by atoms with van der Waals surface area (Å²) in [5, 5.41) is 1.94. The molecule has 1 aliphatic rings. The lowest BCUT2D eigenvalue weighted by atomic mass is 10.1. The van der Waals surface area contributed by atoms with Crippen molar-refractivity contribution in [1.29, 1.82) is 0 Å². The van der Waals surface area contributed by atoms with E-state index in [1.807, 2.05) is 16.0 Å². The molecule has 0 spiro atoms. The van der Waals surface area contributed by atoms with E-state index < -0.39 is 0 Å². The van der Waals surface area contributed by atoms with E-state index in [0.717, 1.165) is 23.1 Å². The van der Waals surface area contributed by atoms with Gasteiger partial charge in [-0.1, -0.05) is 25.7 Å². The van der Waals surface area contributed by atoms with Gasteiger partial charge in [0.2, 0.25) is 0 Å². The van der Waals surface area contributed by atoms with Crippen molar-refractivity contribution in [2.24, 2.45) is 0 Å². The number of aromatic nitrogens is 2. The second-order valence-corrected chi connectivity index (χ2v) is 6.22. The summed E-state index contributed by atoms with van der Waals surface area (Å²) in [5.41, 5.74) is 0.968. The Labute approximate surface area is 114 Å². The van der Waals surface area contributed by atoms with E-state index in [9.17, 15) is 4.79 Å². The van der Waals surface area contributed by atoms with Gasteiger partial charge in [-0.15, -0.1) is 11.3 Å². The Morgan fingerprint density at radius 2 is 2.00 bits per heavy atom. The maximum atomic E-state index is 12.5. The summed E-state index contributed by atoms with van der Waals surface area (Å²) in [6.07, 6.45) is 7.12. The van der Waals surface area contributed by atoms with Crippen LogP contribution in [0.1, 0.15) is 44.6 Å². The predicted octanol–water partition coefficient (Wildman–Crippen LogP) is 4.02. The Hall–Kier alpha value is -0.940. The topological polar surface area (TPSA) is 37.8 Å². The average molecular weight is 280 g/mol. The van der Waals surface area contributed by atoms with Gasteiger partial charge in [0.15, 0.2) is 4.77 Å². The van der Waals surface area contributed by atoms with Crippen molar-refractivity contribution in [1.82, 2.24) is 9.55 Å². The quantitative estimate of drug-likeness (QED) is 0.633. The third-order valence-electron chi connectivity index (χ3n) is 3.73. The lowest BCUT2D eigenvalue weighted by Gasteiger charge is -2.17. The smallest absolute Gasteiger partial charge is 0.272 e. The third-order valence-corrected chi connectivity index (χ3v) is 4.93. The number of H-pyrrole nitrogens is 1. The van der Waals surface area contributed by atoms with E-state index in [-0.39, 0.29) is 11.6 Å². The minimum Gasteiger partial charge on any atom is -0.331 e. The summed E-state index contributed by atoms with van der Waals surface area (Å²) in [6, 6.07) is 2.21. The van der Waals surface area contributed by atoms with Crippen LogP contribution in [0.25, 0.3) is 10.2 Å². The molecule has 5 heteroatoms. The molecule has 0 amide bonds. The molecule has 2 aromatic rings. The fraction of sp³-hybridized carbons (Fsp3) is 0.538. The first kappa shape index (κ1) is 12.1. The molecule has 0 aliphatic heterocycles. The molecule has 0 saturated heterocycles. The van der Waals surface area contributed by atoms with Crippen molar-refractivity contribution in [3.05, 3.63) is 26.6 Å². The van der Waals surface area contributed by atoms with Crippen LogP contribution in [0.3, 0.4) is 0 Å². The standard InChI is InChI=1S/C13H16N2OS2/c16-12-11-10(7-8-18-11)14-13(17)15(12)9-5-3-1-2-4-6-9/h7-9H,1-6H2,(H,14,17). The zero-order chi connectivity index (χ0) is 12.5. The highest BCUT2D eigenvalue weighted by Crippen LogP contribution is 2.27. The second kappa shape index (κ2) is 4.97. The molecular weight excluding hydrogens is 264 g/mol. The maximum absolute atomic E-state index is 12.5. The van der Waals surface area contributed by atoms with E-state index in [1.165, 1.54) is 37.0 Å². The van der Waals surface area contributed by atoms with Gasteiger partial charge in [0, 0.05) is 6.04 Å². The van der Waals surface area contributed by atoms with E-state index >= 15 is 0 Å². The molecular formula is C13H16N2OS2. The summed E-state index contributed by atoms with van der Waals surface area (Å²) in [7, 11) is 0. The number of nitrogens with zero attached hydrogens (tertiary/aromatic N) is 1. The monoisotopic (exact) mass is 280 g/mol. The SMILES string of the molecule is O=c1c2sccc2[nH]c(=S)n1C1CCCCCC1. The molecule has 1 saturated carbocycles. The highest BCUT2D eigenvalue weighted by atomic mass is 32.1. The van der Waals surface area contributed by atoms with E-state index in [4.69, 9.17) is 12.2 Å². The molecule has 1 N–H and O–H groups in total. The molecule has 1 fully saturated rings. The number of hydrogen-bond donors (Lipinski definition) is 1. The molecule has 2 heterocycles. The summed E-state index contributed by atoms with van der Waals surface area (Å²) in [5.74, 6) is 0. The lowest BCUT2D eigenvalue weighted by Crippen LogP contribution is -2.25. The first-order chi connectivity index (χ1) is 8.77. The van der Waals surface area contributed by atoms with Crippen molar-refractivity contribution in [3.63, 3.8) is 0 Å². The van der Waals surface area contributed by atoms with Crippen molar-refractivity contribution in [2.45, 2.75) is 44.6 Å². The Kier molecular flexibility index (Phi) is 3.35. The fourth-order valence-corrected chi connectivity index (χ4v) is 3.93. The fourth-order valence-electron chi connectivity index (χ4n) is 2.80. The number of rotatable bonds is 1. The van der Waals surface area contributed by atoms with Crippen LogP contribution < -0.4 is 5.56 Å². The number of aromatic amines is 1. The molecule has 3 rings (SSSR count). The Morgan fingerprint density at radius 1 is 1.28 bits per heavy atom. The summed E-state index contributed by atoms with van der Waals surface area (Å²) < 4.78 is 3.20. The van der Waals surface area contributed by atoms with Crippen molar-refractivity contribution in [3.8, 4) is 0 Å². The maximum Gasteiger partial charge on any atom is 0.272 e. The Balaban J connectivity index is 2.15. The summed E-state index contributed by atoms with van der Waals surface area (Å²) in [4.78, 5) is 15.7. The normalized spacial score (nSPS) is 18.0. The lowest BCUT2D eigenvalue weighted by molar-refractivity contribution is 0.425. The van der Waals surface area contributed by atoms with Crippen LogP contribution >= 0.6 is 23.6 Å². The molecule has 2 aromatic heterocycles. The van der Waals surface area contributed by atoms with E-state index in [1.54, 1.807) is 0 Å². The third kappa shape index (κ3) is 2.06. The first-order valence-electron chi connectivity index (χ1n) is 6.49. The molecule has 0 unspecified atom stereocenters. The zero-order valence-electron chi connectivity index (χ0n) is 10.1. The van der Waals surface area contributed by atoms with Gasteiger partial charge in [0.05, 0.1) is 5.52 Å². The van der Waals surface area contributed by atoms with Crippen LogP contribution in [-0.4, -0.2) is 9.55 Å². The van der Waals surface area contributed by atoms with Crippen LogP contribution in [0.2, 0.25) is 0 Å². The summed E-state index contributed by atoms with van der Waals surface area (Å²) in [6.45, 7) is 0. The number of hydrogen-bond acceptors (Lipinski definition) is 3.